The molecule has 1 aromatic carbocycles. The molecular formula is C12H16ClNO. The van der Waals surface area contributed by atoms with Crippen molar-refractivity contribution in [3.8, 4) is 5.75 Å². The molecule has 0 radical (unpaired) electrons. The average molecular weight is 226 g/mol. The fraction of sp³-hybridized carbons (Fsp3) is 0.500. The molecule has 0 spiro atoms. The second-order valence-electron chi connectivity index (χ2n) is 3.80. The monoisotopic (exact) mass is 225 g/mol. The number of nitrogens with one attached hydrogen (secondary N) is 1. The minimum atomic E-state index is 0.573. The fourth-order valence-corrected chi connectivity index (χ4v) is 2.21. The molecule has 1 aliphatic heterocycles. The molecule has 1 aliphatic rings. The summed E-state index contributed by atoms with van der Waals surface area (Å²) in [6, 6.07) is 5.95. The van der Waals surface area contributed by atoms with Crippen LogP contribution in [0.3, 0.4) is 0 Å². The highest BCUT2D eigenvalue weighted by atomic mass is 35.5. The Morgan fingerprint density at radius 3 is 3.07 bits per heavy atom. The largest absolute Gasteiger partial charge is 0.494 e. The van der Waals surface area contributed by atoms with Gasteiger partial charge in [0, 0.05) is 17.5 Å². The van der Waals surface area contributed by atoms with Crippen LogP contribution in [0.1, 0.15) is 24.8 Å². The van der Waals surface area contributed by atoms with E-state index in [1.165, 1.54) is 12.0 Å². The normalized spacial score (nSPS) is 20.5. The van der Waals surface area contributed by atoms with Crippen LogP contribution in [0.25, 0.3) is 0 Å². The van der Waals surface area contributed by atoms with Crippen molar-refractivity contribution < 1.29 is 4.74 Å². The standard InChI is InChI=1S/C12H16ClNO/c1-2-15-12-7-10(13)3-4-11(12)9-5-6-14-8-9/h3-4,7,9,14H,2,5-6,8H2,1H3. The van der Waals surface area contributed by atoms with Gasteiger partial charge in [0.25, 0.3) is 0 Å². The Morgan fingerprint density at radius 2 is 2.40 bits per heavy atom. The molecule has 1 aromatic rings. The summed E-state index contributed by atoms with van der Waals surface area (Å²) in [7, 11) is 0. The summed E-state index contributed by atoms with van der Waals surface area (Å²) < 4.78 is 5.62. The molecule has 1 saturated heterocycles. The van der Waals surface area contributed by atoms with Crippen molar-refractivity contribution in [2.45, 2.75) is 19.3 Å². The zero-order valence-electron chi connectivity index (χ0n) is 8.92. The van der Waals surface area contributed by atoms with Crippen molar-refractivity contribution in [2.75, 3.05) is 19.7 Å². The van der Waals surface area contributed by atoms with E-state index in [1.807, 2.05) is 19.1 Å². The number of halogens is 1. The van der Waals surface area contributed by atoms with Gasteiger partial charge in [-0.25, -0.2) is 0 Å². The van der Waals surface area contributed by atoms with Gasteiger partial charge in [-0.3, -0.25) is 0 Å². The number of benzene rings is 1. The van der Waals surface area contributed by atoms with E-state index in [-0.39, 0.29) is 0 Å². The summed E-state index contributed by atoms with van der Waals surface area (Å²) in [5, 5.41) is 4.11. The van der Waals surface area contributed by atoms with Gasteiger partial charge in [0.1, 0.15) is 5.75 Å². The lowest BCUT2D eigenvalue weighted by Gasteiger charge is -2.15. The SMILES string of the molecule is CCOc1cc(Cl)ccc1C1CCNC1. The quantitative estimate of drug-likeness (QED) is 0.854. The van der Waals surface area contributed by atoms with Gasteiger partial charge in [0.15, 0.2) is 0 Å². The molecule has 1 atom stereocenters. The van der Waals surface area contributed by atoms with E-state index in [0.717, 1.165) is 23.9 Å². The fourth-order valence-electron chi connectivity index (χ4n) is 2.05. The van der Waals surface area contributed by atoms with Gasteiger partial charge in [-0.1, -0.05) is 17.7 Å². The molecule has 82 valence electrons. The highest BCUT2D eigenvalue weighted by Gasteiger charge is 2.20. The summed E-state index contributed by atoms with van der Waals surface area (Å²) in [6.45, 7) is 4.83. The van der Waals surface area contributed by atoms with Gasteiger partial charge in [0.05, 0.1) is 6.61 Å². The van der Waals surface area contributed by atoms with Gasteiger partial charge in [-0.2, -0.15) is 0 Å². The molecule has 0 amide bonds. The van der Waals surface area contributed by atoms with Gasteiger partial charge in [-0.15, -0.1) is 0 Å². The topological polar surface area (TPSA) is 21.3 Å². The van der Waals surface area contributed by atoms with Gasteiger partial charge >= 0.3 is 0 Å². The number of hydrogen-bond donors (Lipinski definition) is 1. The van der Waals surface area contributed by atoms with Gasteiger partial charge in [-0.05, 0) is 37.6 Å². The second-order valence-corrected chi connectivity index (χ2v) is 4.24. The van der Waals surface area contributed by atoms with E-state index in [0.29, 0.717) is 12.5 Å². The van der Waals surface area contributed by atoms with Crippen molar-refractivity contribution >= 4 is 11.6 Å². The van der Waals surface area contributed by atoms with Crippen molar-refractivity contribution in [3.05, 3.63) is 28.8 Å². The zero-order valence-corrected chi connectivity index (χ0v) is 9.68. The Hall–Kier alpha value is -0.730. The van der Waals surface area contributed by atoms with Crippen LogP contribution in [0, 0.1) is 0 Å². The van der Waals surface area contributed by atoms with Crippen LogP contribution in [0.4, 0.5) is 0 Å². The molecule has 1 unspecified atom stereocenters. The first-order valence-electron chi connectivity index (χ1n) is 5.44. The lowest BCUT2D eigenvalue weighted by Crippen LogP contribution is -2.09. The summed E-state index contributed by atoms with van der Waals surface area (Å²) >= 11 is 5.96. The lowest BCUT2D eigenvalue weighted by molar-refractivity contribution is 0.334. The minimum Gasteiger partial charge on any atom is -0.494 e. The van der Waals surface area contributed by atoms with Crippen LogP contribution in [-0.2, 0) is 0 Å². The van der Waals surface area contributed by atoms with Crippen LogP contribution < -0.4 is 10.1 Å². The molecule has 2 nitrogen and oxygen atoms in total. The first kappa shape index (κ1) is 10.8. The van der Waals surface area contributed by atoms with Crippen LogP contribution in [0.15, 0.2) is 18.2 Å². The van der Waals surface area contributed by atoms with Gasteiger partial charge in [0.2, 0.25) is 0 Å². The third-order valence-electron chi connectivity index (χ3n) is 2.78. The van der Waals surface area contributed by atoms with E-state index in [4.69, 9.17) is 16.3 Å². The first-order valence-corrected chi connectivity index (χ1v) is 5.82. The molecule has 2 rings (SSSR count). The van der Waals surface area contributed by atoms with E-state index in [2.05, 4.69) is 11.4 Å². The van der Waals surface area contributed by atoms with E-state index in [9.17, 15) is 0 Å². The number of ether oxygens (including phenoxy) is 1. The highest BCUT2D eigenvalue weighted by Crippen LogP contribution is 2.32. The maximum Gasteiger partial charge on any atom is 0.124 e. The van der Waals surface area contributed by atoms with Crippen LogP contribution >= 0.6 is 11.6 Å². The smallest absolute Gasteiger partial charge is 0.124 e. The maximum atomic E-state index is 5.96. The Kier molecular flexibility index (Phi) is 3.49. The van der Waals surface area contributed by atoms with Crippen LogP contribution in [0.2, 0.25) is 5.02 Å². The molecule has 1 fully saturated rings. The second kappa shape index (κ2) is 4.86. The van der Waals surface area contributed by atoms with Crippen molar-refractivity contribution in [2.24, 2.45) is 0 Å². The Bertz CT molecular complexity index is 334. The average Bonchev–Trinajstić information content (AvgIpc) is 2.71. The maximum absolute atomic E-state index is 5.96. The molecule has 3 heteroatoms. The predicted molar refractivity (Wildman–Crippen MR) is 62.8 cm³/mol. The molecule has 1 N–H and O–H groups in total. The van der Waals surface area contributed by atoms with Crippen molar-refractivity contribution in [1.29, 1.82) is 0 Å². The summed E-state index contributed by atoms with van der Waals surface area (Å²) in [5.41, 5.74) is 1.28. The van der Waals surface area contributed by atoms with Gasteiger partial charge < -0.3 is 10.1 Å². The highest BCUT2D eigenvalue weighted by molar-refractivity contribution is 6.30. The van der Waals surface area contributed by atoms with E-state index < -0.39 is 0 Å². The molecule has 0 aliphatic carbocycles. The Balaban J connectivity index is 2.27. The number of hydrogen-bond acceptors (Lipinski definition) is 2. The summed E-state index contributed by atoms with van der Waals surface area (Å²) in [5.74, 6) is 1.52. The van der Waals surface area contributed by atoms with E-state index in [1.54, 1.807) is 0 Å². The molecular weight excluding hydrogens is 210 g/mol. The lowest BCUT2D eigenvalue weighted by atomic mass is 9.97. The Morgan fingerprint density at radius 1 is 1.53 bits per heavy atom. The summed E-state index contributed by atoms with van der Waals surface area (Å²) in [6.07, 6.45) is 1.18. The van der Waals surface area contributed by atoms with Crippen LogP contribution in [-0.4, -0.2) is 19.7 Å². The molecule has 15 heavy (non-hydrogen) atoms. The number of rotatable bonds is 3. The third-order valence-corrected chi connectivity index (χ3v) is 3.01. The predicted octanol–water partition coefficient (Wildman–Crippen LogP) is 2.82. The van der Waals surface area contributed by atoms with Crippen molar-refractivity contribution in [1.82, 2.24) is 5.32 Å². The van der Waals surface area contributed by atoms with E-state index >= 15 is 0 Å². The zero-order chi connectivity index (χ0) is 10.7. The van der Waals surface area contributed by atoms with Crippen LogP contribution in [0.5, 0.6) is 5.75 Å². The minimum absolute atomic E-state index is 0.573. The first-order chi connectivity index (χ1) is 7.31. The molecule has 0 bridgehead atoms. The molecule has 0 saturated carbocycles. The third kappa shape index (κ3) is 2.44. The Labute approximate surface area is 95.6 Å². The molecule has 1 heterocycles. The van der Waals surface area contributed by atoms with Crippen molar-refractivity contribution in [3.63, 3.8) is 0 Å². The molecule has 0 aromatic heterocycles. The summed E-state index contributed by atoms with van der Waals surface area (Å²) in [4.78, 5) is 0.